The molecule has 0 heterocycles. The minimum absolute atomic E-state index is 0.0708. The van der Waals surface area contributed by atoms with Crippen LogP contribution in [0.1, 0.15) is 28.8 Å². The Balaban J connectivity index is 2.62. The predicted octanol–water partition coefficient (Wildman–Crippen LogP) is 3.96. The second-order valence-corrected chi connectivity index (χ2v) is 6.66. The second kappa shape index (κ2) is 8.85. The molecular formula is C19H17BrFNO5. The van der Waals surface area contributed by atoms with Crippen molar-refractivity contribution in [1.82, 2.24) is 0 Å². The largest absolute Gasteiger partial charge is 0.463 e. The number of nitro groups is 1. The molecule has 0 aliphatic rings. The van der Waals surface area contributed by atoms with Gasteiger partial charge in [-0.1, -0.05) is 58.4 Å². The van der Waals surface area contributed by atoms with Gasteiger partial charge in [-0.05, 0) is 24.6 Å². The number of ether oxygens (including phenoxy) is 1. The van der Waals surface area contributed by atoms with E-state index in [2.05, 4.69) is 15.9 Å². The summed E-state index contributed by atoms with van der Waals surface area (Å²) in [6.45, 7) is 0.348. The summed E-state index contributed by atoms with van der Waals surface area (Å²) in [7, 11) is 0. The van der Waals surface area contributed by atoms with E-state index < -0.39 is 34.8 Å². The minimum Gasteiger partial charge on any atom is -0.463 e. The standard InChI is InChI=1S/C19H17BrFNO5/c1-2-27-18(24)19(21,17(23)14-6-4-3-5-7-14)16(12-22(25)26)13-8-10-15(20)11-9-13/h3-11,16H,2,12H2,1H3/t16-,19+/m0/s1. The second-order valence-electron chi connectivity index (χ2n) is 5.75. The SMILES string of the molecule is CCOC(=O)[C@](F)(C(=O)c1ccccc1)[C@@H](C[N+](=O)[O-])c1ccc(Br)cc1. The third-order valence-electron chi connectivity index (χ3n) is 4.02. The van der Waals surface area contributed by atoms with Gasteiger partial charge in [0.05, 0.1) is 6.61 Å². The van der Waals surface area contributed by atoms with Gasteiger partial charge in [-0.15, -0.1) is 0 Å². The molecule has 0 spiro atoms. The monoisotopic (exact) mass is 437 g/mol. The predicted molar refractivity (Wildman–Crippen MR) is 100.0 cm³/mol. The molecular weight excluding hydrogens is 421 g/mol. The zero-order valence-electron chi connectivity index (χ0n) is 14.4. The van der Waals surface area contributed by atoms with Gasteiger partial charge in [0.15, 0.2) is 0 Å². The van der Waals surface area contributed by atoms with E-state index in [1.165, 1.54) is 43.3 Å². The fourth-order valence-corrected chi connectivity index (χ4v) is 3.00. The highest BCUT2D eigenvalue weighted by Crippen LogP contribution is 2.37. The molecule has 0 radical (unpaired) electrons. The van der Waals surface area contributed by atoms with E-state index in [4.69, 9.17) is 4.74 Å². The number of carbonyl (C=O) groups excluding carboxylic acids is 2. The first-order valence-corrected chi connectivity index (χ1v) is 8.93. The van der Waals surface area contributed by atoms with Crippen molar-refractivity contribution in [3.05, 3.63) is 80.3 Å². The first-order chi connectivity index (χ1) is 12.8. The number of hydrogen-bond acceptors (Lipinski definition) is 5. The lowest BCUT2D eigenvalue weighted by atomic mass is 9.78. The van der Waals surface area contributed by atoms with E-state index in [-0.39, 0.29) is 17.7 Å². The molecule has 0 aromatic heterocycles. The summed E-state index contributed by atoms with van der Waals surface area (Å²) in [5.74, 6) is -4.25. The molecule has 0 unspecified atom stereocenters. The number of ketones is 1. The van der Waals surface area contributed by atoms with E-state index >= 15 is 4.39 Å². The average Bonchev–Trinajstić information content (AvgIpc) is 2.66. The summed E-state index contributed by atoms with van der Waals surface area (Å²) < 4.78 is 21.6. The van der Waals surface area contributed by atoms with E-state index in [0.717, 1.165) is 0 Å². The number of hydrogen-bond donors (Lipinski definition) is 0. The van der Waals surface area contributed by atoms with Crippen molar-refractivity contribution in [2.24, 2.45) is 0 Å². The molecule has 2 aromatic rings. The number of rotatable bonds is 8. The van der Waals surface area contributed by atoms with Crippen LogP contribution >= 0.6 is 15.9 Å². The molecule has 2 rings (SSSR count). The van der Waals surface area contributed by atoms with E-state index in [9.17, 15) is 19.7 Å². The molecule has 2 atom stereocenters. The van der Waals surface area contributed by atoms with Gasteiger partial charge in [-0.2, -0.15) is 0 Å². The van der Waals surface area contributed by atoms with Crippen LogP contribution in [0, 0.1) is 10.1 Å². The van der Waals surface area contributed by atoms with Crippen molar-refractivity contribution >= 4 is 27.7 Å². The van der Waals surface area contributed by atoms with E-state index in [1.807, 2.05) is 0 Å². The fourth-order valence-electron chi connectivity index (χ4n) is 2.73. The van der Waals surface area contributed by atoms with Crippen molar-refractivity contribution in [2.45, 2.75) is 18.5 Å². The van der Waals surface area contributed by atoms with Crippen LogP contribution in [-0.4, -0.2) is 35.5 Å². The quantitative estimate of drug-likeness (QED) is 0.205. The maximum Gasteiger partial charge on any atom is 0.353 e. The van der Waals surface area contributed by atoms with Gasteiger partial charge in [-0.3, -0.25) is 14.9 Å². The van der Waals surface area contributed by atoms with Gasteiger partial charge in [0.25, 0.3) is 5.67 Å². The van der Waals surface area contributed by atoms with Gasteiger partial charge in [-0.25, -0.2) is 9.18 Å². The minimum atomic E-state index is -3.24. The molecule has 142 valence electrons. The number of alkyl halides is 1. The lowest BCUT2D eigenvalue weighted by Crippen LogP contribution is -2.50. The summed E-state index contributed by atoms with van der Waals surface area (Å²) in [6, 6.07) is 13.3. The molecule has 0 fully saturated rings. The number of benzene rings is 2. The summed E-state index contributed by atoms with van der Waals surface area (Å²) in [5, 5.41) is 11.2. The average molecular weight is 438 g/mol. The molecule has 0 aliphatic carbocycles. The first-order valence-electron chi connectivity index (χ1n) is 8.14. The van der Waals surface area contributed by atoms with Crippen molar-refractivity contribution in [1.29, 1.82) is 0 Å². The van der Waals surface area contributed by atoms with Gasteiger partial charge >= 0.3 is 5.97 Å². The Morgan fingerprint density at radius 1 is 1.19 bits per heavy atom. The fraction of sp³-hybridized carbons (Fsp3) is 0.263. The highest BCUT2D eigenvalue weighted by molar-refractivity contribution is 9.10. The third-order valence-corrected chi connectivity index (χ3v) is 4.55. The summed E-state index contributed by atoms with van der Waals surface area (Å²) in [6.07, 6.45) is 0. The molecule has 0 N–H and O–H groups in total. The lowest BCUT2D eigenvalue weighted by molar-refractivity contribution is -0.485. The van der Waals surface area contributed by atoms with Crippen LogP contribution in [0.2, 0.25) is 0 Å². The molecule has 0 aliphatic heterocycles. The molecule has 0 saturated carbocycles. The van der Waals surface area contributed by atoms with Gasteiger partial charge < -0.3 is 4.74 Å². The van der Waals surface area contributed by atoms with Crippen LogP contribution in [0.25, 0.3) is 0 Å². The number of nitrogens with zero attached hydrogens (tertiary/aromatic N) is 1. The zero-order chi connectivity index (χ0) is 20.0. The molecule has 0 amide bonds. The van der Waals surface area contributed by atoms with Crippen molar-refractivity contribution < 1.29 is 23.6 Å². The van der Waals surface area contributed by atoms with Crippen LogP contribution in [0.4, 0.5) is 4.39 Å². The Bertz CT molecular complexity index is 828. The molecule has 0 saturated heterocycles. The molecule has 27 heavy (non-hydrogen) atoms. The molecule has 6 nitrogen and oxygen atoms in total. The van der Waals surface area contributed by atoms with Crippen molar-refractivity contribution in [3.63, 3.8) is 0 Å². The van der Waals surface area contributed by atoms with Crippen LogP contribution in [-0.2, 0) is 9.53 Å². The first kappa shape index (κ1) is 20.7. The summed E-state index contributed by atoms with van der Waals surface area (Å²) in [4.78, 5) is 35.9. The van der Waals surface area contributed by atoms with Crippen LogP contribution in [0.15, 0.2) is 59.1 Å². The highest BCUT2D eigenvalue weighted by Gasteiger charge is 2.57. The van der Waals surface area contributed by atoms with Crippen LogP contribution in [0.3, 0.4) is 0 Å². The number of halogens is 2. The highest BCUT2D eigenvalue weighted by atomic mass is 79.9. The Labute approximate surface area is 163 Å². The maximum atomic E-state index is 16.1. The van der Waals surface area contributed by atoms with E-state index in [1.54, 1.807) is 18.2 Å². The van der Waals surface area contributed by atoms with Crippen LogP contribution < -0.4 is 0 Å². The number of Topliss-reactive ketones (excluding diaryl/α,β-unsaturated/α-hetero) is 1. The molecule has 0 bridgehead atoms. The Morgan fingerprint density at radius 3 is 2.30 bits per heavy atom. The Kier molecular flexibility index (Phi) is 6.79. The number of carbonyl (C=O) groups is 2. The van der Waals surface area contributed by atoms with Crippen molar-refractivity contribution in [3.8, 4) is 0 Å². The normalized spacial score (nSPS) is 14.0. The van der Waals surface area contributed by atoms with E-state index in [0.29, 0.717) is 4.47 Å². The molecule has 8 heteroatoms. The third kappa shape index (κ3) is 4.57. The van der Waals surface area contributed by atoms with Crippen LogP contribution in [0.5, 0.6) is 0 Å². The lowest BCUT2D eigenvalue weighted by Gasteiger charge is -2.28. The van der Waals surface area contributed by atoms with Gasteiger partial charge in [0, 0.05) is 15.0 Å². The molecule has 2 aromatic carbocycles. The summed E-state index contributed by atoms with van der Waals surface area (Å²) in [5.41, 5.74) is -3.16. The smallest absolute Gasteiger partial charge is 0.353 e. The van der Waals surface area contributed by atoms with Gasteiger partial charge in [0.2, 0.25) is 12.3 Å². The van der Waals surface area contributed by atoms with Gasteiger partial charge in [0.1, 0.15) is 5.92 Å². The topological polar surface area (TPSA) is 86.5 Å². The Hall–Kier alpha value is -2.61. The number of esters is 1. The Morgan fingerprint density at radius 2 is 1.78 bits per heavy atom. The zero-order valence-corrected chi connectivity index (χ0v) is 16.0. The van der Waals surface area contributed by atoms with Crippen molar-refractivity contribution in [2.75, 3.05) is 13.2 Å². The maximum absolute atomic E-state index is 16.1. The summed E-state index contributed by atoms with van der Waals surface area (Å²) >= 11 is 3.23.